The van der Waals surface area contributed by atoms with E-state index >= 15 is 0 Å². The van der Waals surface area contributed by atoms with E-state index in [0.29, 0.717) is 11.2 Å². The summed E-state index contributed by atoms with van der Waals surface area (Å²) < 4.78 is 0. The molecule has 0 aromatic heterocycles. The molecule has 0 aliphatic carbocycles. The van der Waals surface area contributed by atoms with Crippen LogP contribution in [0.5, 0.6) is 0 Å². The molecule has 0 radical (unpaired) electrons. The van der Waals surface area contributed by atoms with Crippen molar-refractivity contribution in [1.82, 2.24) is 10.4 Å². The molecule has 1 rings (SSSR count). The lowest BCUT2D eigenvalue weighted by Crippen LogP contribution is -2.59. The third kappa shape index (κ3) is 1.62. The molecular weight excluding hydrogens is 160 g/mol. The highest BCUT2D eigenvalue weighted by atomic mass is 32.1. The van der Waals surface area contributed by atoms with Crippen LogP contribution in [-0.2, 0) is 0 Å². The van der Waals surface area contributed by atoms with Crippen molar-refractivity contribution in [3.63, 3.8) is 0 Å². The molecule has 0 aromatic rings. The maximum absolute atomic E-state index is 9.45. The molecule has 1 atom stereocenters. The minimum absolute atomic E-state index is 0.234. The van der Waals surface area contributed by atoms with Crippen molar-refractivity contribution < 1.29 is 5.21 Å². The second-order valence-corrected chi connectivity index (χ2v) is 4.07. The van der Waals surface area contributed by atoms with E-state index in [1.807, 2.05) is 13.8 Å². The number of nitrogens with one attached hydrogen (secondary N) is 1. The van der Waals surface area contributed by atoms with Crippen LogP contribution in [0.15, 0.2) is 0 Å². The number of hydroxylamine groups is 2. The highest BCUT2D eigenvalue weighted by Gasteiger charge is 2.34. The lowest BCUT2D eigenvalue weighted by molar-refractivity contribution is -0.108. The van der Waals surface area contributed by atoms with Crippen LogP contribution < -0.4 is 5.32 Å². The monoisotopic (exact) mass is 174 g/mol. The molecule has 0 amide bonds. The average Bonchev–Trinajstić information content (AvgIpc) is 1.81. The first kappa shape index (κ1) is 8.74. The molecular formula is C7H14N2OS. The molecule has 3 nitrogen and oxygen atoms in total. The highest BCUT2D eigenvalue weighted by molar-refractivity contribution is 7.80. The van der Waals surface area contributed by atoms with Gasteiger partial charge < -0.3 is 5.32 Å². The minimum Gasteiger partial charge on any atom is -0.358 e. The average molecular weight is 174 g/mol. The molecule has 0 spiro atoms. The van der Waals surface area contributed by atoms with Gasteiger partial charge in [-0.3, -0.25) is 5.21 Å². The van der Waals surface area contributed by atoms with Crippen LogP contribution in [0, 0.1) is 0 Å². The van der Waals surface area contributed by atoms with Crippen LogP contribution >= 0.6 is 12.2 Å². The van der Waals surface area contributed by atoms with Gasteiger partial charge in [-0.1, -0.05) is 0 Å². The topological polar surface area (TPSA) is 35.5 Å². The summed E-state index contributed by atoms with van der Waals surface area (Å²) in [5.41, 5.74) is -0.234. The summed E-state index contributed by atoms with van der Waals surface area (Å²) in [5, 5.41) is 14.0. The second kappa shape index (κ2) is 2.60. The lowest BCUT2D eigenvalue weighted by Gasteiger charge is -2.42. The number of hydrogen-bond acceptors (Lipinski definition) is 2. The highest BCUT2D eigenvalue weighted by Crippen LogP contribution is 2.22. The van der Waals surface area contributed by atoms with Crippen molar-refractivity contribution in [3.8, 4) is 0 Å². The Morgan fingerprint density at radius 2 is 2.27 bits per heavy atom. The van der Waals surface area contributed by atoms with Gasteiger partial charge in [-0.25, -0.2) is 5.06 Å². The van der Waals surface area contributed by atoms with E-state index in [-0.39, 0.29) is 5.54 Å². The van der Waals surface area contributed by atoms with Crippen LogP contribution in [0.25, 0.3) is 0 Å². The van der Waals surface area contributed by atoms with E-state index in [2.05, 4.69) is 12.2 Å². The molecule has 1 saturated heterocycles. The summed E-state index contributed by atoms with van der Waals surface area (Å²) in [6, 6.07) is 0.348. The number of thiocarbonyl (C=S) groups is 1. The van der Waals surface area contributed by atoms with Gasteiger partial charge in [0.1, 0.15) is 0 Å². The molecule has 1 unspecified atom stereocenters. The molecule has 2 N–H and O–H groups in total. The van der Waals surface area contributed by atoms with E-state index in [9.17, 15) is 5.21 Å². The zero-order valence-corrected chi connectivity index (χ0v) is 7.90. The SMILES string of the molecule is CC1CC(C)(C)N(O)C(=S)N1. The zero-order chi connectivity index (χ0) is 8.65. The molecule has 0 bridgehead atoms. The maximum atomic E-state index is 9.45. The Hall–Kier alpha value is -0.350. The Bertz CT molecular complexity index is 181. The fourth-order valence-electron chi connectivity index (χ4n) is 1.43. The first-order valence-electron chi connectivity index (χ1n) is 3.73. The van der Waals surface area contributed by atoms with Crippen LogP contribution in [0.3, 0.4) is 0 Å². The maximum Gasteiger partial charge on any atom is 0.193 e. The molecule has 0 saturated carbocycles. The summed E-state index contributed by atoms with van der Waals surface area (Å²) in [6.45, 7) is 5.99. The summed E-state index contributed by atoms with van der Waals surface area (Å²) >= 11 is 4.92. The van der Waals surface area contributed by atoms with Crippen molar-refractivity contribution in [2.75, 3.05) is 0 Å². The standard InChI is InChI=1S/C7H14N2OS/c1-5-4-7(2,3)9(10)6(11)8-5/h5,10H,4H2,1-3H3,(H,8,11). The fourth-order valence-corrected chi connectivity index (χ4v) is 1.88. The van der Waals surface area contributed by atoms with Gasteiger partial charge in [0, 0.05) is 6.04 Å². The quantitative estimate of drug-likeness (QED) is 0.540. The predicted octanol–water partition coefficient (Wildman–Crippen LogP) is 1.12. The Kier molecular flexibility index (Phi) is 2.07. The van der Waals surface area contributed by atoms with Crippen molar-refractivity contribution in [2.24, 2.45) is 0 Å². The first-order chi connectivity index (χ1) is 4.93. The van der Waals surface area contributed by atoms with Gasteiger partial charge in [0.05, 0.1) is 5.54 Å². The van der Waals surface area contributed by atoms with E-state index in [0.717, 1.165) is 11.5 Å². The zero-order valence-electron chi connectivity index (χ0n) is 7.09. The number of hydrogen-bond donors (Lipinski definition) is 2. The molecule has 4 heteroatoms. The molecule has 1 heterocycles. The molecule has 0 aromatic carbocycles. The van der Waals surface area contributed by atoms with Crippen LogP contribution in [0.2, 0.25) is 0 Å². The molecule has 64 valence electrons. The summed E-state index contributed by atoms with van der Waals surface area (Å²) in [6.07, 6.45) is 0.893. The van der Waals surface area contributed by atoms with Crippen LogP contribution in [0.4, 0.5) is 0 Å². The van der Waals surface area contributed by atoms with Gasteiger partial charge in [-0.15, -0.1) is 0 Å². The van der Waals surface area contributed by atoms with Gasteiger partial charge in [0.15, 0.2) is 5.11 Å². The normalized spacial score (nSPS) is 30.0. The molecule has 11 heavy (non-hydrogen) atoms. The summed E-state index contributed by atoms with van der Waals surface area (Å²) in [5.74, 6) is 0. The Balaban J connectivity index is 2.75. The van der Waals surface area contributed by atoms with Gasteiger partial charge >= 0.3 is 0 Å². The number of nitrogens with zero attached hydrogens (tertiary/aromatic N) is 1. The Labute approximate surface area is 72.3 Å². The lowest BCUT2D eigenvalue weighted by atomic mass is 9.94. The largest absolute Gasteiger partial charge is 0.358 e. The molecule has 1 aliphatic heterocycles. The van der Waals surface area contributed by atoms with E-state index in [1.54, 1.807) is 0 Å². The van der Waals surface area contributed by atoms with E-state index < -0.39 is 0 Å². The van der Waals surface area contributed by atoms with Crippen LogP contribution in [0.1, 0.15) is 27.2 Å². The van der Waals surface area contributed by atoms with Crippen LogP contribution in [-0.4, -0.2) is 27.0 Å². The smallest absolute Gasteiger partial charge is 0.193 e. The van der Waals surface area contributed by atoms with Gasteiger partial charge in [0.2, 0.25) is 0 Å². The Morgan fingerprint density at radius 3 is 2.73 bits per heavy atom. The van der Waals surface area contributed by atoms with Gasteiger partial charge in [-0.05, 0) is 39.4 Å². The molecule has 1 aliphatic rings. The van der Waals surface area contributed by atoms with E-state index in [1.165, 1.54) is 0 Å². The summed E-state index contributed by atoms with van der Waals surface area (Å²) in [4.78, 5) is 0. The molecule has 1 fully saturated rings. The van der Waals surface area contributed by atoms with E-state index in [4.69, 9.17) is 12.2 Å². The summed E-state index contributed by atoms with van der Waals surface area (Å²) in [7, 11) is 0. The van der Waals surface area contributed by atoms with Gasteiger partial charge in [0.25, 0.3) is 0 Å². The first-order valence-corrected chi connectivity index (χ1v) is 4.14. The predicted molar refractivity (Wildman–Crippen MR) is 47.5 cm³/mol. The third-order valence-corrected chi connectivity index (χ3v) is 2.23. The number of rotatable bonds is 0. The fraction of sp³-hybridized carbons (Fsp3) is 0.857. The Morgan fingerprint density at radius 1 is 1.73 bits per heavy atom. The third-order valence-electron chi connectivity index (χ3n) is 1.94. The second-order valence-electron chi connectivity index (χ2n) is 3.68. The van der Waals surface area contributed by atoms with Crippen molar-refractivity contribution in [2.45, 2.75) is 38.8 Å². The van der Waals surface area contributed by atoms with Gasteiger partial charge in [-0.2, -0.15) is 0 Å². The minimum atomic E-state index is -0.234. The van der Waals surface area contributed by atoms with Crippen molar-refractivity contribution >= 4 is 17.3 Å². The van der Waals surface area contributed by atoms with Crippen molar-refractivity contribution in [1.29, 1.82) is 0 Å². The van der Waals surface area contributed by atoms with Crippen molar-refractivity contribution in [3.05, 3.63) is 0 Å².